The van der Waals surface area contributed by atoms with Gasteiger partial charge in [-0.1, -0.05) is 29.8 Å². The molecule has 0 aliphatic heterocycles. The summed E-state index contributed by atoms with van der Waals surface area (Å²) >= 11 is 3.33. The molecule has 0 aliphatic carbocycles. The molecule has 2 amide bonds. The average Bonchev–Trinajstić information content (AvgIpc) is 2.91. The molecule has 8 nitrogen and oxygen atoms in total. The maximum atomic E-state index is 13.9. The third-order valence-corrected chi connectivity index (χ3v) is 8.57. The number of sulfonamides is 1. The number of nitrogens with one attached hydrogen (secondary N) is 1. The minimum atomic E-state index is -4.24. The van der Waals surface area contributed by atoms with Gasteiger partial charge in [0.1, 0.15) is 24.2 Å². The number of hydrogen-bond donors (Lipinski definition) is 1. The fourth-order valence-corrected chi connectivity index (χ4v) is 6.08. The number of anilines is 1. The van der Waals surface area contributed by atoms with E-state index in [0.717, 1.165) is 9.87 Å². The Morgan fingerprint density at radius 3 is 2.17 bits per heavy atom. The molecular formula is C29H33BrFN3O5S. The maximum absolute atomic E-state index is 13.9. The van der Waals surface area contributed by atoms with E-state index in [1.165, 1.54) is 54.5 Å². The Morgan fingerprint density at radius 2 is 1.62 bits per heavy atom. The van der Waals surface area contributed by atoms with Crippen LogP contribution in [0.3, 0.4) is 0 Å². The quantitative estimate of drug-likeness (QED) is 0.319. The van der Waals surface area contributed by atoms with E-state index >= 15 is 0 Å². The number of rotatable bonds is 11. The Labute approximate surface area is 243 Å². The second-order valence-corrected chi connectivity index (χ2v) is 12.3. The van der Waals surface area contributed by atoms with E-state index in [1.807, 2.05) is 6.92 Å². The SMILES string of the molecule is COc1ccc(S(=O)(=O)N(CC(=O)N(Cc2ccc(F)cc2)[C@H](C)C(=O)NC(C)C)c2ccc(C)cc2)cc1Br. The highest BCUT2D eigenvalue weighted by Crippen LogP contribution is 2.31. The van der Waals surface area contributed by atoms with Crippen LogP contribution < -0.4 is 14.4 Å². The van der Waals surface area contributed by atoms with E-state index in [-0.39, 0.29) is 23.2 Å². The molecule has 0 saturated carbocycles. The number of methoxy groups -OCH3 is 1. The Morgan fingerprint density at radius 1 is 1.00 bits per heavy atom. The molecule has 0 aliphatic rings. The molecule has 0 heterocycles. The standard InChI is InChI=1S/C29H33BrFN3O5S/c1-19(2)32-29(36)21(4)33(17-22-8-10-23(31)11-9-22)28(35)18-34(24-12-6-20(3)7-13-24)40(37,38)25-14-15-27(39-5)26(30)16-25/h6-16,19,21H,17-18H2,1-5H3,(H,32,36)/t21-/m1/s1. The lowest BCUT2D eigenvalue weighted by Crippen LogP contribution is -2.52. The summed E-state index contributed by atoms with van der Waals surface area (Å²) in [6.45, 7) is 6.44. The van der Waals surface area contributed by atoms with Crippen LogP contribution in [0.4, 0.5) is 10.1 Å². The summed E-state index contributed by atoms with van der Waals surface area (Å²) in [5.41, 5.74) is 1.78. The van der Waals surface area contributed by atoms with Crippen molar-refractivity contribution in [2.45, 2.75) is 51.2 Å². The van der Waals surface area contributed by atoms with Crippen molar-refractivity contribution in [1.82, 2.24) is 10.2 Å². The smallest absolute Gasteiger partial charge is 0.264 e. The van der Waals surface area contributed by atoms with Crippen molar-refractivity contribution in [3.05, 3.63) is 88.1 Å². The molecule has 0 bridgehead atoms. The molecule has 0 fully saturated rings. The number of carbonyl (C=O) groups excluding carboxylic acids is 2. The summed E-state index contributed by atoms with van der Waals surface area (Å²) < 4.78 is 48.1. The van der Waals surface area contributed by atoms with Crippen LogP contribution >= 0.6 is 15.9 Å². The molecule has 0 unspecified atom stereocenters. The molecule has 11 heteroatoms. The fraction of sp³-hybridized carbons (Fsp3) is 0.310. The van der Waals surface area contributed by atoms with Crippen LogP contribution in [-0.4, -0.2) is 50.9 Å². The van der Waals surface area contributed by atoms with Crippen LogP contribution in [0.15, 0.2) is 76.1 Å². The zero-order valence-corrected chi connectivity index (χ0v) is 25.4. The Bertz CT molecular complexity index is 1450. The molecule has 3 rings (SSSR count). The first kappa shape index (κ1) is 31.1. The van der Waals surface area contributed by atoms with Gasteiger partial charge in [0.05, 0.1) is 22.2 Å². The zero-order chi connectivity index (χ0) is 29.6. The monoisotopic (exact) mass is 633 g/mol. The highest BCUT2D eigenvalue weighted by Gasteiger charge is 2.33. The molecule has 0 radical (unpaired) electrons. The van der Waals surface area contributed by atoms with Crippen LogP contribution in [0, 0.1) is 12.7 Å². The van der Waals surface area contributed by atoms with Gasteiger partial charge in [0, 0.05) is 12.6 Å². The third-order valence-electron chi connectivity index (χ3n) is 6.18. The number of aryl methyl sites for hydroxylation is 1. The maximum Gasteiger partial charge on any atom is 0.264 e. The van der Waals surface area contributed by atoms with Gasteiger partial charge in [0.25, 0.3) is 10.0 Å². The van der Waals surface area contributed by atoms with E-state index in [4.69, 9.17) is 4.74 Å². The van der Waals surface area contributed by atoms with E-state index in [9.17, 15) is 22.4 Å². The Hall–Kier alpha value is -3.44. The van der Waals surface area contributed by atoms with E-state index in [1.54, 1.807) is 45.0 Å². The zero-order valence-electron chi connectivity index (χ0n) is 23.0. The second-order valence-electron chi connectivity index (χ2n) is 9.63. The molecule has 0 aromatic heterocycles. The third kappa shape index (κ3) is 7.60. The van der Waals surface area contributed by atoms with Crippen LogP contribution in [0.1, 0.15) is 31.9 Å². The highest BCUT2D eigenvalue weighted by atomic mass is 79.9. The molecule has 1 atom stereocenters. The largest absolute Gasteiger partial charge is 0.496 e. The van der Waals surface area contributed by atoms with Crippen molar-refractivity contribution in [2.75, 3.05) is 18.0 Å². The molecule has 1 N–H and O–H groups in total. The molecule has 40 heavy (non-hydrogen) atoms. The van der Waals surface area contributed by atoms with Gasteiger partial charge < -0.3 is 15.0 Å². The number of ether oxygens (including phenoxy) is 1. The number of amides is 2. The lowest BCUT2D eigenvalue weighted by Gasteiger charge is -2.32. The first-order valence-electron chi connectivity index (χ1n) is 12.6. The van der Waals surface area contributed by atoms with E-state index < -0.39 is 40.2 Å². The minimum Gasteiger partial charge on any atom is -0.496 e. The fourth-order valence-electron chi connectivity index (χ4n) is 3.95. The van der Waals surface area contributed by atoms with Crippen molar-refractivity contribution < 1.29 is 27.1 Å². The number of nitrogens with zero attached hydrogens (tertiary/aromatic N) is 2. The Balaban J connectivity index is 2.04. The van der Waals surface area contributed by atoms with Gasteiger partial charge in [0.2, 0.25) is 11.8 Å². The van der Waals surface area contributed by atoms with Crippen molar-refractivity contribution in [3.8, 4) is 5.75 Å². The number of hydrogen-bond acceptors (Lipinski definition) is 5. The molecule has 3 aromatic rings. The van der Waals surface area contributed by atoms with E-state index in [2.05, 4.69) is 21.2 Å². The molecule has 214 valence electrons. The van der Waals surface area contributed by atoms with Crippen molar-refractivity contribution in [3.63, 3.8) is 0 Å². The highest BCUT2D eigenvalue weighted by molar-refractivity contribution is 9.10. The summed E-state index contributed by atoms with van der Waals surface area (Å²) in [5, 5.41) is 2.80. The first-order valence-corrected chi connectivity index (χ1v) is 14.8. The second kappa shape index (κ2) is 13.3. The number of benzene rings is 3. The molecular weight excluding hydrogens is 601 g/mol. The van der Waals surface area contributed by atoms with Gasteiger partial charge in [-0.3, -0.25) is 13.9 Å². The van der Waals surface area contributed by atoms with Gasteiger partial charge in [-0.2, -0.15) is 0 Å². The van der Waals surface area contributed by atoms with Gasteiger partial charge in [-0.15, -0.1) is 0 Å². The van der Waals surface area contributed by atoms with Crippen LogP contribution in [0.2, 0.25) is 0 Å². The summed E-state index contributed by atoms with van der Waals surface area (Å²) in [6.07, 6.45) is 0. The Kier molecular flexibility index (Phi) is 10.3. The topological polar surface area (TPSA) is 96.0 Å². The minimum absolute atomic E-state index is 0.0261. The van der Waals surface area contributed by atoms with Gasteiger partial charge in [0.15, 0.2) is 0 Å². The predicted octanol–water partition coefficient (Wildman–Crippen LogP) is 5.04. The normalized spacial score (nSPS) is 12.1. The van der Waals surface area contributed by atoms with Crippen molar-refractivity contribution in [1.29, 1.82) is 0 Å². The van der Waals surface area contributed by atoms with Crippen molar-refractivity contribution >= 4 is 43.5 Å². The average molecular weight is 635 g/mol. The summed E-state index contributed by atoms with van der Waals surface area (Å²) in [5.74, 6) is -0.983. The predicted molar refractivity (Wildman–Crippen MR) is 156 cm³/mol. The first-order chi connectivity index (χ1) is 18.8. The van der Waals surface area contributed by atoms with E-state index in [0.29, 0.717) is 15.8 Å². The van der Waals surface area contributed by atoms with Crippen LogP contribution in [-0.2, 0) is 26.2 Å². The van der Waals surface area contributed by atoms with Gasteiger partial charge >= 0.3 is 0 Å². The molecule has 0 saturated heterocycles. The summed E-state index contributed by atoms with van der Waals surface area (Å²) in [4.78, 5) is 28.1. The summed E-state index contributed by atoms with van der Waals surface area (Å²) in [7, 11) is -2.77. The number of halogens is 2. The van der Waals surface area contributed by atoms with Crippen molar-refractivity contribution in [2.24, 2.45) is 0 Å². The van der Waals surface area contributed by atoms with Gasteiger partial charge in [-0.05, 0) is 91.7 Å². The lowest BCUT2D eigenvalue weighted by molar-refractivity contribution is -0.139. The van der Waals surface area contributed by atoms with Crippen LogP contribution in [0.25, 0.3) is 0 Å². The lowest BCUT2D eigenvalue weighted by atomic mass is 10.1. The molecule has 0 spiro atoms. The number of carbonyl (C=O) groups is 2. The molecule has 3 aromatic carbocycles. The van der Waals surface area contributed by atoms with Gasteiger partial charge in [-0.25, -0.2) is 12.8 Å². The summed E-state index contributed by atoms with van der Waals surface area (Å²) in [6, 6.07) is 15.5. The van der Waals surface area contributed by atoms with Crippen LogP contribution in [0.5, 0.6) is 5.75 Å².